The van der Waals surface area contributed by atoms with Crippen molar-refractivity contribution in [3.8, 4) is 0 Å². The van der Waals surface area contributed by atoms with Crippen molar-refractivity contribution in [2.24, 2.45) is 0 Å². The van der Waals surface area contributed by atoms with Gasteiger partial charge in [-0.25, -0.2) is 0 Å². The number of hydrogen-bond acceptors (Lipinski definition) is 4. The minimum absolute atomic E-state index is 0.0579. The predicted molar refractivity (Wildman–Crippen MR) is 86.3 cm³/mol. The Morgan fingerprint density at radius 2 is 2.26 bits per heavy atom. The van der Waals surface area contributed by atoms with Gasteiger partial charge in [0.05, 0.1) is 5.69 Å². The van der Waals surface area contributed by atoms with Crippen molar-refractivity contribution in [3.05, 3.63) is 28.6 Å². The summed E-state index contributed by atoms with van der Waals surface area (Å²) >= 11 is 3.25. The van der Waals surface area contributed by atoms with Crippen LogP contribution in [0.5, 0.6) is 0 Å². The standard InChI is InChI=1S/C14H18N2OS2/c1-9-4-5-11-10(8-9)12(15)13(19-11)14(17)16-6-3-7-18-2/h4-5,8H,3,6-7,15H2,1-2H3,(H,16,17). The average molecular weight is 294 g/mol. The number of thioether (sulfide) groups is 1. The first-order valence-electron chi connectivity index (χ1n) is 6.19. The molecule has 3 N–H and O–H groups in total. The van der Waals surface area contributed by atoms with Gasteiger partial charge in [-0.1, -0.05) is 11.6 Å². The second-order valence-corrected chi connectivity index (χ2v) is 6.48. The zero-order valence-corrected chi connectivity index (χ0v) is 12.8. The fraction of sp³-hybridized carbons (Fsp3) is 0.357. The lowest BCUT2D eigenvalue weighted by Gasteiger charge is -2.03. The number of fused-ring (bicyclic) bond motifs is 1. The maximum Gasteiger partial charge on any atom is 0.263 e. The van der Waals surface area contributed by atoms with Gasteiger partial charge in [0.2, 0.25) is 0 Å². The number of nitrogens with one attached hydrogen (secondary N) is 1. The number of nitrogen functional groups attached to an aromatic ring is 1. The van der Waals surface area contributed by atoms with E-state index in [-0.39, 0.29) is 5.91 Å². The van der Waals surface area contributed by atoms with Gasteiger partial charge >= 0.3 is 0 Å². The molecule has 0 saturated heterocycles. The molecule has 3 nitrogen and oxygen atoms in total. The zero-order valence-electron chi connectivity index (χ0n) is 11.2. The minimum atomic E-state index is -0.0579. The Hall–Kier alpha value is -1.20. The molecule has 0 atom stereocenters. The topological polar surface area (TPSA) is 55.1 Å². The van der Waals surface area contributed by atoms with E-state index in [1.165, 1.54) is 11.3 Å². The highest BCUT2D eigenvalue weighted by molar-refractivity contribution is 7.98. The molecule has 19 heavy (non-hydrogen) atoms. The van der Waals surface area contributed by atoms with Gasteiger partial charge in [0, 0.05) is 16.6 Å². The molecule has 1 amide bonds. The quantitative estimate of drug-likeness (QED) is 0.832. The number of thiophene rings is 1. The van der Waals surface area contributed by atoms with E-state index in [9.17, 15) is 4.79 Å². The van der Waals surface area contributed by atoms with Crippen LogP contribution >= 0.6 is 23.1 Å². The van der Waals surface area contributed by atoms with Crippen LogP contribution in [0.3, 0.4) is 0 Å². The van der Waals surface area contributed by atoms with E-state index >= 15 is 0 Å². The van der Waals surface area contributed by atoms with Crippen LogP contribution in [0, 0.1) is 6.92 Å². The minimum Gasteiger partial charge on any atom is -0.397 e. The summed E-state index contributed by atoms with van der Waals surface area (Å²) < 4.78 is 1.07. The highest BCUT2D eigenvalue weighted by Gasteiger charge is 2.15. The summed E-state index contributed by atoms with van der Waals surface area (Å²) in [5, 5.41) is 3.91. The summed E-state index contributed by atoms with van der Waals surface area (Å²) in [6.45, 7) is 2.73. The van der Waals surface area contributed by atoms with E-state index in [0.29, 0.717) is 17.1 Å². The lowest BCUT2D eigenvalue weighted by atomic mass is 10.1. The van der Waals surface area contributed by atoms with Crippen LogP contribution < -0.4 is 11.1 Å². The first-order chi connectivity index (χ1) is 9.13. The Labute approximate surface area is 121 Å². The van der Waals surface area contributed by atoms with Gasteiger partial charge in [0.15, 0.2) is 0 Å². The molecule has 0 aliphatic carbocycles. The molecule has 1 aromatic heterocycles. The van der Waals surface area contributed by atoms with Crippen molar-refractivity contribution in [1.29, 1.82) is 0 Å². The average Bonchev–Trinajstić information content (AvgIpc) is 2.72. The van der Waals surface area contributed by atoms with Crippen LogP contribution in [0.4, 0.5) is 5.69 Å². The van der Waals surface area contributed by atoms with Crippen LogP contribution in [0.25, 0.3) is 10.1 Å². The van der Waals surface area contributed by atoms with Gasteiger partial charge in [0.1, 0.15) is 4.88 Å². The normalized spacial score (nSPS) is 10.8. The first-order valence-corrected chi connectivity index (χ1v) is 8.40. The maximum atomic E-state index is 12.1. The monoisotopic (exact) mass is 294 g/mol. The van der Waals surface area contributed by atoms with E-state index in [1.54, 1.807) is 11.8 Å². The van der Waals surface area contributed by atoms with Gasteiger partial charge in [0.25, 0.3) is 5.91 Å². The van der Waals surface area contributed by atoms with E-state index < -0.39 is 0 Å². The molecule has 1 heterocycles. The van der Waals surface area contributed by atoms with Crippen LogP contribution in [0.15, 0.2) is 18.2 Å². The van der Waals surface area contributed by atoms with Crippen molar-refractivity contribution < 1.29 is 4.79 Å². The molecule has 0 fully saturated rings. The molecule has 1 aromatic carbocycles. The molecule has 0 aliphatic rings. The van der Waals surface area contributed by atoms with E-state index in [2.05, 4.69) is 11.6 Å². The number of nitrogens with two attached hydrogens (primary N) is 1. The Balaban J connectivity index is 2.16. The summed E-state index contributed by atoms with van der Waals surface area (Å²) in [4.78, 5) is 12.7. The van der Waals surface area contributed by atoms with Crippen molar-refractivity contribution in [2.75, 3.05) is 24.3 Å². The van der Waals surface area contributed by atoms with E-state index in [4.69, 9.17) is 5.73 Å². The maximum absolute atomic E-state index is 12.1. The third kappa shape index (κ3) is 3.22. The number of aryl methyl sites for hydroxylation is 1. The number of hydrogen-bond donors (Lipinski definition) is 2. The van der Waals surface area contributed by atoms with Gasteiger partial charge < -0.3 is 11.1 Å². The molecule has 102 valence electrons. The third-order valence-electron chi connectivity index (χ3n) is 2.90. The zero-order chi connectivity index (χ0) is 13.8. The molecule has 0 aliphatic heterocycles. The number of carbonyl (C=O) groups excluding carboxylic acids is 1. The van der Waals surface area contributed by atoms with Crippen molar-refractivity contribution in [1.82, 2.24) is 5.32 Å². The SMILES string of the molecule is CSCCCNC(=O)c1sc2ccc(C)cc2c1N. The van der Waals surface area contributed by atoms with Gasteiger partial charge in [-0.2, -0.15) is 11.8 Å². The molecule has 2 aromatic rings. The molecular weight excluding hydrogens is 276 g/mol. The van der Waals surface area contributed by atoms with Crippen LogP contribution in [-0.2, 0) is 0 Å². The van der Waals surface area contributed by atoms with Crippen molar-refractivity contribution in [3.63, 3.8) is 0 Å². The lowest BCUT2D eigenvalue weighted by Crippen LogP contribution is -2.24. The lowest BCUT2D eigenvalue weighted by molar-refractivity contribution is 0.0958. The van der Waals surface area contributed by atoms with E-state index in [1.807, 2.05) is 25.1 Å². The molecule has 0 radical (unpaired) electrons. The van der Waals surface area contributed by atoms with Crippen LogP contribution in [0.2, 0.25) is 0 Å². The third-order valence-corrected chi connectivity index (χ3v) is 4.78. The second kappa shape index (κ2) is 6.30. The van der Waals surface area contributed by atoms with Crippen LogP contribution in [0.1, 0.15) is 21.7 Å². The highest BCUT2D eigenvalue weighted by Crippen LogP contribution is 2.34. The van der Waals surface area contributed by atoms with Crippen molar-refractivity contribution in [2.45, 2.75) is 13.3 Å². The molecule has 0 spiro atoms. The molecule has 0 saturated carbocycles. The first kappa shape index (κ1) is 14.2. The van der Waals surface area contributed by atoms with E-state index in [0.717, 1.165) is 27.8 Å². The molecular formula is C14H18N2OS2. The van der Waals surface area contributed by atoms with Crippen molar-refractivity contribution >= 4 is 44.8 Å². The number of carbonyl (C=O) groups is 1. The second-order valence-electron chi connectivity index (χ2n) is 4.45. The largest absolute Gasteiger partial charge is 0.397 e. The Morgan fingerprint density at radius 3 is 3.00 bits per heavy atom. The smallest absolute Gasteiger partial charge is 0.263 e. The molecule has 0 unspecified atom stereocenters. The number of benzene rings is 1. The Kier molecular flexibility index (Phi) is 4.71. The van der Waals surface area contributed by atoms with Crippen LogP contribution in [-0.4, -0.2) is 24.5 Å². The van der Waals surface area contributed by atoms with Gasteiger partial charge in [-0.3, -0.25) is 4.79 Å². The van der Waals surface area contributed by atoms with Gasteiger partial charge in [-0.15, -0.1) is 11.3 Å². The summed E-state index contributed by atoms with van der Waals surface area (Å²) in [5.74, 6) is 0.999. The fourth-order valence-corrected chi connectivity index (χ4v) is 3.35. The number of anilines is 1. The highest BCUT2D eigenvalue weighted by atomic mass is 32.2. The summed E-state index contributed by atoms with van der Waals surface area (Å²) in [6, 6.07) is 6.10. The summed E-state index contributed by atoms with van der Waals surface area (Å²) in [6.07, 6.45) is 3.05. The Bertz CT molecular complexity index is 592. The number of amides is 1. The van der Waals surface area contributed by atoms with Gasteiger partial charge in [-0.05, 0) is 37.5 Å². The summed E-state index contributed by atoms with van der Waals surface area (Å²) in [5.41, 5.74) is 7.84. The fourth-order valence-electron chi connectivity index (χ4n) is 1.90. The summed E-state index contributed by atoms with van der Waals surface area (Å²) in [7, 11) is 0. The molecule has 2 rings (SSSR count). The molecule has 5 heteroatoms. The molecule has 0 bridgehead atoms. The number of rotatable bonds is 5. The Morgan fingerprint density at radius 1 is 1.47 bits per heavy atom. The predicted octanol–water partition coefficient (Wildman–Crippen LogP) is 3.27.